The summed E-state index contributed by atoms with van der Waals surface area (Å²) in [5.74, 6) is 4.00. The summed E-state index contributed by atoms with van der Waals surface area (Å²) in [4.78, 5) is 48.3. The van der Waals surface area contributed by atoms with Crippen LogP contribution in [0, 0.1) is 47.8 Å². The number of carbonyl (C=O) groups excluding carboxylic acids is 4. The molecule has 0 aliphatic heterocycles. The number of Topliss-reactive ketones (excluding diaryl/α,β-unsaturated/α-hetero) is 4. The zero-order chi connectivity index (χ0) is 28.3. The molecule has 0 heterocycles. The second kappa shape index (κ2) is 12.6. The van der Waals surface area contributed by atoms with E-state index < -0.39 is 0 Å². The van der Waals surface area contributed by atoms with E-state index in [4.69, 9.17) is 0 Å². The van der Waals surface area contributed by atoms with Crippen LogP contribution in [0.1, 0.15) is 126 Å². The number of benzene rings is 1. The molecule has 214 valence electrons. The largest absolute Gasteiger partial charge is 0.300 e. The molecular formula is C35H50O4. The van der Waals surface area contributed by atoms with Crippen LogP contribution in [-0.4, -0.2) is 23.1 Å². The number of aryl methyl sites for hydroxylation is 1. The Morgan fingerprint density at radius 3 is 2.08 bits per heavy atom. The van der Waals surface area contributed by atoms with Crippen molar-refractivity contribution in [2.45, 2.75) is 118 Å². The maximum Gasteiger partial charge on any atom is 0.163 e. The Morgan fingerprint density at radius 2 is 1.56 bits per heavy atom. The second-order valence-electron chi connectivity index (χ2n) is 13.7. The molecule has 4 heteroatoms. The molecular weight excluding hydrogens is 484 g/mol. The van der Waals surface area contributed by atoms with Crippen molar-refractivity contribution >= 4 is 23.1 Å². The van der Waals surface area contributed by atoms with Crippen molar-refractivity contribution in [2.24, 2.45) is 40.9 Å². The Hall–Kier alpha value is -2.10. The van der Waals surface area contributed by atoms with E-state index in [-0.39, 0.29) is 41.0 Å². The summed E-state index contributed by atoms with van der Waals surface area (Å²) >= 11 is 0. The van der Waals surface area contributed by atoms with E-state index in [1.807, 2.05) is 32.9 Å². The molecule has 3 unspecified atom stereocenters. The van der Waals surface area contributed by atoms with Crippen molar-refractivity contribution in [3.05, 3.63) is 34.9 Å². The van der Waals surface area contributed by atoms with E-state index >= 15 is 0 Å². The SMILES string of the molecule is CC(=O)C12CC3CC(CC(C3)C1)C2.CCCC(CC1CC(=O)c2c(C)cccc2C1)C(CC)C(=O)CC(C)=O. The van der Waals surface area contributed by atoms with Crippen LogP contribution in [-0.2, 0) is 20.8 Å². The minimum atomic E-state index is -0.0622. The maximum absolute atomic E-state index is 12.7. The van der Waals surface area contributed by atoms with Crippen molar-refractivity contribution in [2.75, 3.05) is 0 Å². The molecule has 5 aliphatic rings. The van der Waals surface area contributed by atoms with Crippen LogP contribution in [0.15, 0.2) is 18.2 Å². The van der Waals surface area contributed by atoms with Gasteiger partial charge in [-0.25, -0.2) is 0 Å². The summed E-state index contributed by atoms with van der Waals surface area (Å²) < 4.78 is 0. The zero-order valence-corrected chi connectivity index (χ0v) is 25.0. The van der Waals surface area contributed by atoms with Crippen molar-refractivity contribution in [1.82, 2.24) is 0 Å². The molecule has 4 nitrogen and oxygen atoms in total. The zero-order valence-electron chi connectivity index (χ0n) is 25.0. The predicted molar refractivity (Wildman–Crippen MR) is 156 cm³/mol. The molecule has 0 aromatic heterocycles. The first-order chi connectivity index (χ1) is 18.5. The van der Waals surface area contributed by atoms with E-state index in [1.54, 1.807) is 0 Å². The lowest BCUT2D eigenvalue weighted by Gasteiger charge is -2.55. The van der Waals surface area contributed by atoms with Gasteiger partial charge in [-0.3, -0.25) is 19.2 Å². The fourth-order valence-corrected chi connectivity index (χ4v) is 9.24. The van der Waals surface area contributed by atoms with E-state index in [2.05, 4.69) is 13.0 Å². The molecule has 4 fully saturated rings. The standard InChI is InChI=1S/C23H32O3.C12H18O/c1-5-8-18(20(6-2)21(25)11-16(4)24)12-17-13-19-10-7-9-15(3)23(19)22(26)14-17;1-8(13)12-5-9-2-10(6-12)4-11(3-9)7-12/h7,9-10,17-18,20H,5-6,8,11-14H2,1-4H3;9-11H,2-7H2,1H3. The molecule has 0 N–H and O–H groups in total. The highest BCUT2D eigenvalue weighted by Gasteiger charge is 2.53. The minimum Gasteiger partial charge on any atom is -0.300 e. The highest BCUT2D eigenvalue weighted by molar-refractivity contribution is 6.00. The van der Waals surface area contributed by atoms with Gasteiger partial charge >= 0.3 is 0 Å². The van der Waals surface area contributed by atoms with Crippen LogP contribution in [0.4, 0.5) is 0 Å². The van der Waals surface area contributed by atoms with Crippen molar-refractivity contribution in [1.29, 1.82) is 0 Å². The molecule has 0 saturated heterocycles. The van der Waals surface area contributed by atoms with Gasteiger partial charge in [0.1, 0.15) is 17.3 Å². The lowest BCUT2D eigenvalue weighted by molar-refractivity contribution is -0.141. The Bertz CT molecular complexity index is 1050. The summed E-state index contributed by atoms with van der Waals surface area (Å²) in [6.07, 6.45) is 13.2. The molecule has 0 amide bonds. The van der Waals surface area contributed by atoms with E-state index in [1.165, 1.54) is 45.4 Å². The number of hydrogen-bond acceptors (Lipinski definition) is 4. The molecule has 5 aliphatic carbocycles. The Balaban J connectivity index is 0.000000223. The van der Waals surface area contributed by atoms with Gasteiger partial charge in [0.15, 0.2) is 5.78 Å². The Morgan fingerprint density at radius 1 is 0.949 bits per heavy atom. The topological polar surface area (TPSA) is 68.3 Å². The first-order valence-corrected chi connectivity index (χ1v) is 15.7. The van der Waals surface area contributed by atoms with E-state index in [9.17, 15) is 19.2 Å². The van der Waals surface area contributed by atoms with Crippen molar-refractivity contribution in [3.63, 3.8) is 0 Å². The van der Waals surface area contributed by atoms with Gasteiger partial charge in [0.05, 0.1) is 6.42 Å². The third kappa shape index (κ3) is 6.80. The van der Waals surface area contributed by atoms with Gasteiger partial charge in [-0.15, -0.1) is 0 Å². The quantitative estimate of drug-likeness (QED) is 0.286. The average molecular weight is 535 g/mol. The minimum absolute atomic E-state index is 0.0460. The van der Waals surface area contributed by atoms with E-state index in [0.717, 1.165) is 66.5 Å². The van der Waals surface area contributed by atoms with Crippen LogP contribution in [0.2, 0.25) is 0 Å². The average Bonchev–Trinajstić information content (AvgIpc) is 2.83. The fourth-order valence-electron chi connectivity index (χ4n) is 9.24. The number of hydrogen-bond donors (Lipinski definition) is 0. The molecule has 1 aromatic carbocycles. The van der Waals surface area contributed by atoms with Gasteiger partial charge < -0.3 is 0 Å². The van der Waals surface area contributed by atoms with Crippen LogP contribution < -0.4 is 0 Å². The third-order valence-corrected chi connectivity index (χ3v) is 10.5. The molecule has 39 heavy (non-hydrogen) atoms. The molecule has 3 atom stereocenters. The first-order valence-electron chi connectivity index (χ1n) is 15.7. The molecule has 0 spiro atoms. The number of ketones is 4. The van der Waals surface area contributed by atoms with Crippen LogP contribution >= 0.6 is 0 Å². The summed E-state index contributed by atoms with van der Waals surface area (Å²) in [6, 6.07) is 6.10. The number of rotatable bonds is 10. The van der Waals surface area contributed by atoms with Gasteiger partial charge in [0.2, 0.25) is 0 Å². The highest BCUT2D eigenvalue weighted by atomic mass is 16.1. The smallest absolute Gasteiger partial charge is 0.163 e. The number of fused-ring (bicyclic) bond motifs is 1. The predicted octanol–water partition coefficient (Wildman–Crippen LogP) is 7.91. The molecule has 1 aromatic rings. The lowest BCUT2D eigenvalue weighted by atomic mass is 9.48. The van der Waals surface area contributed by atoms with Gasteiger partial charge in [-0.05, 0) is 119 Å². The van der Waals surface area contributed by atoms with Crippen molar-refractivity contribution < 1.29 is 19.2 Å². The van der Waals surface area contributed by atoms with Gasteiger partial charge in [0.25, 0.3) is 0 Å². The summed E-state index contributed by atoms with van der Waals surface area (Å²) in [7, 11) is 0. The van der Waals surface area contributed by atoms with E-state index in [0.29, 0.717) is 18.1 Å². The van der Waals surface area contributed by atoms with Gasteiger partial charge in [0, 0.05) is 23.3 Å². The second-order valence-corrected chi connectivity index (χ2v) is 13.7. The molecule has 0 radical (unpaired) electrons. The summed E-state index contributed by atoms with van der Waals surface area (Å²) in [5, 5.41) is 0. The lowest BCUT2D eigenvalue weighted by Crippen LogP contribution is -2.49. The van der Waals surface area contributed by atoms with Crippen molar-refractivity contribution in [3.8, 4) is 0 Å². The third-order valence-electron chi connectivity index (χ3n) is 10.5. The normalized spacial score (nSPS) is 30.1. The van der Waals surface area contributed by atoms with Gasteiger partial charge in [-0.1, -0.05) is 44.9 Å². The molecule has 4 bridgehead atoms. The molecule has 6 rings (SSSR count). The van der Waals surface area contributed by atoms with Crippen LogP contribution in [0.25, 0.3) is 0 Å². The van der Waals surface area contributed by atoms with Crippen LogP contribution in [0.3, 0.4) is 0 Å². The molecule has 4 saturated carbocycles. The van der Waals surface area contributed by atoms with Gasteiger partial charge in [-0.2, -0.15) is 0 Å². The summed E-state index contributed by atoms with van der Waals surface area (Å²) in [6.45, 7) is 9.49. The number of carbonyl (C=O) groups is 4. The fraction of sp³-hybridized carbons (Fsp3) is 0.714. The monoisotopic (exact) mass is 534 g/mol. The summed E-state index contributed by atoms with van der Waals surface area (Å²) in [5.41, 5.74) is 3.30. The Kier molecular flexibility index (Phi) is 9.65. The first kappa shape index (κ1) is 29.9. The van der Waals surface area contributed by atoms with Crippen LogP contribution in [0.5, 0.6) is 0 Å². The highest BCUT2D eigenvalue weighted by Crippen LogP contribution is 2.60. The Labute approximate surface area is 236 Å². The maximum atomic E-state index is 12.7.